The molecule has 3 aromatic rings. The summed E-state index contributed by atoms with van der Waals surface area (Å²) in [7, 11) is 0. The summed E-state index contributed by atoms with van der Waals surface area (Å²) < 4.78 is 16.1. The van der Waals surface area contributed by atoms with E-state index in [1.54, 1.807) is 37.3 Å². The fourth-order valence-corrected chi connectivity index (χ4v) is 2.15. The number of hydrogen-bond donors (Lipinski definition) is 1. The minimum absolute atomic E-state index is 0.257. The number of aryl methyl sites for hydroxylation is 1. The van der Waals surface area contributed by atoms with E-state index in [0.29, 0.717) is 36.1 Å². The van der Waals surface area contributed by atoms with Crippen LogP contribution in [0.25, 0.3) is 0 Å². The number of amides is 1. The molecular formula is C19H18N2O4. The van der Waals surface area contributed by atoms with E-state index in [0.717, 1.165) is 5.75 Å². The number of rotatable bonds is 7. The van der Waals surface area contributed by atoms with E-state index in [-0.39, 0.29) is 5.91 Å². The lowest BCUT2D eigenvalue weighted by molar-refractivity contribution is 0.102. The van der Waals surface area contributed by atoms with E-state index >= 15 is 0 Å². The molecule has 0 saturated carbocycles. The van der Waals surface area contributed by atoms with Crippen molar-refractivity contribution in [3.05, 3.63) is 72.0 Å². The Bertz CT molecular complexity index is 813. The molecule has 0 aliphatic carbocycles. The summed E-state index contributed by atoms with van der Waals surface area (Å²) in [6, 6.07) is 18.1. The highest BCUT2D eigenvalue weighted by atomic mass is 16.5. The van der Waals surface area contributed by atoms with Crippen molar-refractivity contribution in [1.29, 1.82) is 0 Å². The zero-order valence-electron chi connectivity index (χ0n) is 13.8. The van der Waals surface area contributed by atoms with Crippen molar-refractivity contribution in [2.24, 2.45) is 0 Å². The molecule has 1 aromatic heterocycles. The maximum Gasteiger partial charge on any atom is 0.256 e. The number of carbonyl (C=O) groups excluding carboxylic acids is 1. The fraction of sp³-hybridized carbons (Fsp3) is 0.158. The minimum Gasteiger partial charge on any atom is -0.490 e. The predicted octanol–water partition coefficient (Wildman–Crippen LogP) is 3.69. The standard InChI is InChI=1S/C19H18N2O4/c1-14-13-18(21-25-14)20-19(22)15-7-9-17(10-8-15)24-12-11-23-16-5-3-2-4-6-16/h2-10,13H,11-12H2,1H3,(H,20,21,22). The number of aromatic nitrogens is 1. The second kappa shape index (κ2) is 8.01. The maximum atomic E-state index is 12.1. The molecular weight excluding hydrogens is 320 g/mol. The Labute approximate surface area is 145 Å². The average molecular weight is 338 g/mol. The molecule has 6 heteroatoms. The first-order valence-electron chi connectivity index (χ1n) is 7.86. The summed E-state index contributed by atoms with van der Waals surface area (Å²) in [6.45, 7) is 2.62. The van der Waals surface area contributed by atoms with Crippen molar-refractivity contribution in [3.63, 3.8) is 0 Å². The number of benzene rings is 2. The van der Waals surface area contributed by atoms with Crippen molar-refractivity contribution >= 4 is 11.7 Å². The molecule has 2 aromatic carbocycles. The lowest BCUT2D eigenvalue weighted by atomic mass is 10.2. The number of anilines is 1. The van der Waals surface area contributed by atoms with Gasteiger partial charge in [0.15, 0.2) is 5.82 Å². The van der Waals surface area contributed by atoms with Gasteiger partial charge in [-0.05, 0) is 43.3 Å². The van der Waals surface area contributed by atoms with Crippen molar-refractivity contribution in [1.82, 2.24) is 5.16 Å². The molecule has 1 heterocycles. The molecule has 0 spiro atoms. The van der Waals surface area contributed by atoms with Crippen LogP contribution in [0.2, 0.25) is 0 Å². The Kier molecular flexibility index (Phi) is 5.31. The largest absolute Gasteiger partial charge is 0.490 e. The van der Waals surface area contributed by atoms with Gasteiger partial charge in [-0.2, -0.15) is 0 Å². The second-order valence-electron chi connectivity index (χ2n) is 5.31. The molecule has 0 bridgehead atoms. The van der Waals surface area contributed by atoms with Gasteiger partial charge >= 0.3 is 0 Å². The van der Waals surface area contributed by atoms with Crippen LogP contribution < -0.4 is 14.8 Å². The van der Waals surface area contributed by atoms with E-state index in [2.05, 4.69) is 10.5 Å². The normalized spacial score (nSPS) is 10.3. The van der Waals surface area contributed by atoms with Crippen molar-refractivity contribution in [2.45, 2.75) is 6.92 Å². The molecule has 0 atom stereocenters. The summed E-state index contributed by atoms with van der Waals surface area (Å²) in [5.74, 6) is 2.25. The molecule has 128 valence electrons. The van der Waals surface area contributed by atoms with Crippen LogP contribution in [-0.4, -0.2) is 24.3 Å². The quantitative estimate of drug-likeness (QED) is 0.665. The molecule has 3 rings (SSSR count). The highest BCUT2D eigenvalue weighted by molar-refractivity contribution is 6.03. The monoisotopic (exact) mass is 338 g/mol. The van der Waals surface area contributed by atoms with Crippen molar-refractivity contribution in [3.8, 4) is 11.5 Å². The molecule has 1 amide bonds. The summed E-state index contributed by atoms with van der Waals surface area (Å²) in [5, 5.41) is 6.39. The number of ether oxygens (including phenoxy) is 2. The van der Waals surface area contributed by atoms with Crippen LogP contribution in [-0.2, 0) is 0 Å². The Morgan fingerprint density at radius 1 is 1.00 bits per heavy atom. The minimum atomic E-state index is -0.257. The van der Waals surface area contributed by atoms with Crippen LogP contribution in [0.4, 0.5) is 5.82 Å². The smallest absolute Gasteiger partial charge is 0.256 e. The van der Waals surface area contributed by atoms with Crippen LogP contribution in [0.1, 0.15) is 16.1 Å². The maximum absolute atomic E-state index is 12.1. The van der Waals surface area contributed by atoms with Gasteiger partial charge in [-0.3, -0.25) is 4.79 Å². The SMILES string of the molecule is Cc1cc(NC(=O)c2ccc(OCCOc3ccccc3)cc2)no1. The van der Waals surface area contributed by atoms with Gasteiger partial charge in [0.05, 0.1) is 0 Å². The zero-order chi connectivity index (χ0) is 17.5. The molecule has 1 N–H and O–H groups in total. The topological polar surface area (TPSA) is 73.6 Å². The predicted molar refractivity (Wildman–Crippen MR) is 93.1 cm³/mol. The fourth-order valence-electron chi connectivity index (χ4n) is 2.15. The number of para-hydroxylation sites is 1. The van der Waals surface area contributed by atoms with Crippen LogP contribution in [0.5, 0.6) is 11.5 Å². The summed E-state index contributed by atoms with van der Waals surface area (Å²) in [6.07, 6.45) is 0. The Balaban J connectivity index is 1.46. The van der Waals surface area contributed by atoms with Gasteiger partial charge in [0, 0.05) is 11.6 Å². The zero-order valence-corrected chi connectivity index (χ0v) is 13.8. The first kappa shape index (κ1) is 16.6. The van der Waals surface area contributed by atoms with Gasteiger partial charge < -0.3 is 19.3 Å². The summed E-state index contributed by atoms with van der Waals surface area (Å²) >= 11 is 0. The third-order valence-electron chi connectivity index (χ3n) is 3.35. The van der Waals surface area contributed by atoms with E-state index in [9.17, 15) is 4.79 Å². The summed E-state index contributed by atoms with van der Waals surface area (Å²) in [4.78, 5) is 12.1. The van der Waals surface area contributed by atoms with Gasteiger partial charge in [-0.1, -0.05) is 23.4 Å². The molecule has 0 saturated heterocycles. The Morgan fingerprint density at radius 2 is 1.64 bits per heavy atom. The lowest BCUT2D eigenvalue weighted by Gasteiger charge is -2.09. The van der Waals surface area contributed by atoms with Crippen molar-refractivity contribution < 1.29 is 18.8 Å². The molecule has 0 aliphatic rings. The Hall–Kier alpha value is -3.28. The van der Waals surface area contributed by atoms with Crippen molar-refractivity contribution in [2.75, 3.05) is 18.5 Å². The molecule has 0 aliphatic heterocycles. The van der Waals surface area contributed by atoms with Gasteiger partial charge in [0.25, 0.3) is 5.91 Å². The molecule has 25 heavy (non-hydrogen) atoms. The molecule has 6 nitrogen and oxygen atoms in total. The lowest BCUT2D eigenvalue weighted by Crippen LogP contribution is -2.12. The van der Waals surface area contributed by atoms with E-state index < -0.39 is 0 Å². The number of carbonyl (C=O) groups is 1. The first-order chi connectivity index (χ1) is 12.2. The molecule has 0 unspecified atom stereocenters. The average Bonchev–Trinajstić information content (AvgIpc) is 3.05. The van der Waals surface area contributed by atoms with Gasteiger partial charge in [-0.25, -0.2) is 0 Å². The highest BCUT2D eigenvalue weighted by Gasteiger charge is 2.09. The van der Waals surface area contributed by atoms with E-state index in [1.165, 1.54) is 0 Å². The van der Waals surface area contributed by atoms with Crippen LogP contribution in [0, 0.1) is 6.92 Å². The molecule has 0 radical (unpaired) electrons. The third kappa shape index (κ3) is 4.84. The van der Waals surface area contributed by atoms with Crippen LogP contribution in [0.15, 0.2) is 65.2 Å². The van der Waals surface area contributed by atoms with E-state index in [4.69, 9.17) is 14.0 Å². The van der Waals surface area contributed by atoms with Gasteiger partial charge in [0.1, 0.15) is 30.5 Å². The number of nitrogens with zero attached hydrogens (tertiary/aromatic N) is 1. The van der Waals surface area contributed by atoms with E-state index in [1.807, 2.05) is 30.3 Å². The second-order valence-corrected chi connectivity index (χ2v) is 5.31. The van der Waals surface area contributed by atoms with Gasteiger partial charge in [0.2, 0.25) is 0 Å². The Morgan fingerprint density at radius 3 is 2.24 bits per heavy atom. The van der Waals surface area contributed by atoms with Gasteiger partial charge in [-0.15, -0.1) is 0 Å². The van der Waals surface area contributed by atoms with Crippen LogP contribution >= 0.6 is 0 Å². The number of hydrogen-bond acceptors (Lipinski definition) is 5. The summed E-state index contributed by atoms with van der Waals surface area (Å²) in [5.41, 5.74) is 0.508. The number of nitrogens with one attached hydrogen (secondary N) is 1. The highest BCUT2D eigenvalue weighted by Crippen LogP contribution is 2.15. The third-order valence-corrected chi connectivity index (χ3v) is 3.35. The molecule has 0 fully saturated rings. The van der Waals surface area contributed by atoms with Crippen LogP contribution in [0.3, 0.4) is 0 Å². The first-order valence-corrected chi connectivity index (χ1v) is 7.86.